The molecule has 0 fully saturated rings. The minimum absolute atomic E-state index is 0.760. The zero-order valence-corrected chi connectivity index (χ0v) is 17.2. The molecule has 0 spiro atoms. The van der Waals surface area contributed by atoms with E-state index in [2.05, 4.69) is 48.2 Å². The SMILES string of the molecule is CCCCCN(CCc1coc2ccccc12)Cc1ccc(CCCN)cc1. The quantitative estimate of drug-likeness (QED) is 0.420. The van der Waals surface area contributed by atoms with Gasteiger partial charge in [0, 0.05) is 18.5 Å². The largest absolute Gasteiger partial charge is 0.464 e. The number of benzene rings is 2. The number of rotatable bonds is 12. The van der Waals surface area contributed by atoms with Gasteiger partial charge in [0.05, 0.1) is 6.26 Å². The summed E-state index contributed by atoms with van der Waals surface area (Å²) in [7, 11) is 0. The van der Waals surface area contributed by atoms with Gasteiger partial charge in [-0.15, -0.1) is 0 Å². The fraction of sp³-hybridized carbons (Fsp3) is 0.440. The molecule has 0 aliphatic heterocycles. The molecule has 0 amide bonds. The summed E-state index contributed by atoms with van der Waals surface area (Å²) >= 11 is 0. The van der Waals surface area contributed by atoms with Crippen LogP contribution in [0.3, 0.4) is 0 Å². The average molecular weight is 379 g/mol. The second kappa shape index (κ2) is 11.0. The standard InChI is InChI=1S/C25H34N2O/c1-2-3-6-17-27(19-22-13-11-21(12-14-22)8-7-16-26)18-15-23-20-28-25-10-5-4-9-24(23)25/h4-5,9-14,20H,2-3,6-8,15-19,26H2,1H3. The highest BCUT2D eigenvalue weighted by atomic mass is 16.3. The molecule has 0 aliphatic rings. The van der Waals surface area contributed by atoms with Crippen LogP contribution in [0.25, 0.3) is 11.0 Å². The Bertz CT molecular complexity index is 822. The van der Waals surface area contributed by atoms with Crippen LogP contribution in [0.2, 0.25) is 0 Å². The van der Waals surface area contributed by atoms with E-state index in [4.69, 9.17) is 10.2 Å². The van der Waals surface area contributed by atoms with Crippen LogP contribution in [0.4, 0.5) is 0 Å². The first-order valence-electron chi connectivity index (χ1n) is 10.8. The number of nitrogens with zero attached hydrogens (tertiary/aromatic N) is 1. The zero-order valence-electron chi connectivity index (χ0n) is 17.2. The van der Waals surface area contributed by atoms with E-state index >= 15 is 0 Å². The Morgan fingerprint density at radius 2 is 1.64 bits per heavy atom. The minimum atomic E-state index is 0.760. The van der Waals surface area contributed by atoms with Crippen LogP contribution in [0.5, 0.6) is 0 Å². The van der Waals surface area contributed by atoms with Gasteiger partial charge in [0.2, 0.25) is 0 Å². The van der Waals surface area contributed by atoms with Crippen LogP contribution in [0.15, 0.2) is 59.2 Å². The number of hydrogen-bond donors (Lipinski definition) is 1. The Morgan fingerprint density at radius 1 is 0.857 bits per heavy atom. The summed E-state index contributed by atoms with van der Waals surface area (Å²) in [6, 6.07) is 17.4. The van der Waals surface area contributed by atoms with E-state index in [1.54, 1.807) is 0 Å². The van der Waals surface area contributed by atoms with Gasteiger partial charge in [-0.1, -0.05) is 62.2 Å². The predicted molar refractivity (Wildman–Crippen MR) is 119 cm³/mol. The number of unbranched alkanes of at least 4 members (excludes halogenated alkanes) is 2. The van der Waals surface area contributed by atoms with Gasteiger partial charge >= 0.3 is 0 Å². The van der Waals surface area contributed by atoms with Crippen molar-refractivity contribution >= 4 is 11.0 Å². The highest BCUT2D eigenvalue weighted by Gasteiger charge is 2.10. The van der Waals surface area contributed by atoms with E-state index < -0.39 is 0 Å². The number of aryl methyl sites for hydroxylation is 1. The van der Waals surface area contributed by atoms with Crippen molar-refractivity contribution in [3.05, 3.63) is 71.5 Å². The number of fused-ring (bicyclic) bond motifs is 1. The second-order valence-electron chi connectivity index (χ2n) is 7.70. The summed E-state index contributed by atoms with van der Waals surface area (Å²) in [4.78, 5) is 2.59. The lowest BCUT2D eigenvalue weighted by molar-refractivity contribution is 0.262. The Labute approximate surface area is 169 Å². The van der Waals surface area contributed by atoms with Gasteiger partial charge in [0.25, 0.3) is 0 Å². The van der Waals surface area contributed by atoms with Crippen molar-refractivity contribution in [1.82, 2.24) is 4.90 Å². The molecule has 0 aliphatic carbocycles. The van der Waals surface area contributed by atoms with Crippen molar-refractivity contribution in [1.29, 1.82) is 0 Å². The first-order chi connectivity index (χ1) is 13.8. The van der Waals surface area contributed by atoms with E-state index in [0.717, 1.165) is 51.0 Å². The highest BCUT2D eigenvalue weighted by Crippen LogP contribution is 2.21. The third kappa shape index (κ3) is 5.95. The lowest BCUT2D eigenvalue weighted by Crippen LogP contribution is -2.27. The van der Waals surface area contributed by atoms with Crippen LogP contribution < -0.4 is 5.73 Å². The number of furan rings is 1. The van der Waals surface area contributed by atoms with Crippen molar-refractivity contribution in [2.45, 2.75) is 52.0 Å². The summed E-state index contributed by atoms with van der Waals surface area (Å²) in [5, 5.41) is 1.25. The predicted octanol–water partition coefficient (Wildman–Crippen LogP) is 5.56. The molecule has 3 rings (SSSR count). The van der Waals surface area contributed by atoms with Gasteiger partial charge in [-0.2, -0.15) is 0 Å². The van der Waals surface area contributed by atoms with Gasteiger partial charge in [-0.25, -0.2) is 0 Å². The Hall–Kier alpha value is -2.10. The van der Waals surface area contributed by atoms with E-state index in [9.17, 15) is 0 Å². The summed E-state index contributed by atoms with van der Waals surface area (Å²) in [6.45, 7) is 6.25. The topological polar surface area (TPSA) is 42.4 Å². The minimum Gasteiger partial charge on any atom is -0.464 e. The maximum absolute atomic E-state index is 5.72. The molecule has 0 radical (unpaired) electrons. The first-order valence-corrected chi connectivity index (χ1v) is 10.8. The van der Waals surface area contributed by atoms with Crippen molar-refractivity contribution in [3.63, 3.8) is 0 Å². The lowest BCUT2D eigenvalue weighted by atomic mass is 10.1. The smallest absolute Gasteiger partial charge is 0.134 e. The maximum atomic E-state index is 5.72. The van der Waals surface area contributed by atoms with Gasteiger partial charge in [-0.05, 0) is 61.5 Å². The molecular formula is C25H34N2O. The van der Waals surface area contributed by atoms with Crippen LogP contribution in [0.1, 0.15) is 49.3 Å². The summed E-state index contributed by atoms with van der Waals surface area (Å²) < 4.78 is 5.72. The Kier molecular flexibility index (Phi) is 8.13. The van der Waals surface area contributed by atoms with Crippen molar-refractivity contribution < 1.29 is 4.42 Å². The normalized spacial score (nSPS) is 11.5. The van der Waals surface area contributed by atoms with Crippen LogP contribution in [-0.4, -0.2) is 24.5 Å². The summed E-state index contributed by atoms with van der Waals surface area (Å²) in [5.74, 6) is 0. The summed E-state index contributed by atoms with van der Waals surface area (Å²) in [5.41, 5.74) is 10.7. The molecule has 28 heavy (non-hydrogen) atoms. The third-order valence-electron chi connectivity index (χ3n) is 5.44. The molecule has 1 aromatic heterocycles. The van der Waals surface area contributed by atoms with Crippen molar-refractivity contribution in [2.75, 3.05) is 19.6 Å². The maximum Gasteiger partial charge on any atom is 0.134 e. The van der Waals surface area contributed by atoms with Crippen molar-refractivity contribution in [3.8, 4) is 0 Å². The fourth-order valence-electron chi connectivity index (χ4n) is 3.74. The molecule has 3 heteroatoms. The zero-order chi connectivity index (χ0) is 19.6. The molecule has 150 valence electrons. The Balaban J connectivity index is 1.61. The molecule has 0 saturated carbocycles. The molecule has 3 aromatic rings. The molecule has 0 atom stereocenters. The van der Waals surface area contributed by atoms with Gasteiger partial charge in [-0.3, -0.25) is 4.90 Å². The lowest BCUT2D eigenvalue weighted by Gasteiger charge is -2.22. The van der Waals surface area contributed by atoms with Gasteiger partial charge in [0.1, 0.15) is 5.58 Å². The number of hydrogen-bond acceptors (Lipinski definition) is 3. The third-order valence-corrected chi connectivity index (χ3v) is 5.44. The van der Waals surface area contributed by atoms with Crippen LogP contribution in [0, 0.1) is 0 Å². The fourth-order valence-corrected chi connectivity index (χ4v) is 3.74. The number of nitrogens with two attached hydrogens (primary N) is 1. The van der Waals surface area contributed by atoms with Crippen LogP contribution in [-0.2, 0) is 19.4 Å². The second-order valence-corrected chi connectivity index (χ2v) is 7.70. The number of para-hydroxylation sites is 1. The van der Waals surface area contributed by atoms with Crippen LogP contribution >= 0.6 is 0 Å². The monoisotopic (exact) mass is 378 g/mol. The molecule has 2 N–H and O–H groups in total. The van der Waals surface area contributed by atoms with E-state index in [1.165, 1.54) is 41.3 Å². The molecule has 0 bridgehead atoms. The van der Waals surface area contributed by atoms with Gasteiger partial charge in [0.15, 0.2) is 0 Å². The molecule has 3 nitrogen and oxygen atoms in total. The average Bonchev–Trinajstić information content (AvgIpc) is 3.14. The summed E-state index contributed by atoms with van der Waals surface area (Å²) in [6.07, 6.45) is 8.90. The molecule has 0 saturated heterocycles. The van der Waals surface area contributed by atoms with E-state index in [-0.39, 0.29) is 0 Å². The Morgan fingerprint density at radius 3 is 2.43 bits per heavy atom. The molecular weight excluding hydrogens is 344 g/mol. The van der Waals surface area contributed by atoms with E-state index in [0.29, 0.717) is 0 Å². The first kappa shape index (κ1) is 20.6. The highest BCUT2D eigenvalue weighted by molar-refractivity contribution is 5.80. The molecule has 0 unspecified atom stereocenters. The van der Waals surface area contributed by atoms with Gasteiger partial charge < -0.3 is 10.2 Å². The molecule has 2 aromatic carbocycles. The van der Waals surface area contributed by atoms with Crippen molar-refractivity contribution in [2.24, 2.45) is 5.73 Å². The molecule has 1 heterocycles. The van der Waals surface area contributed by atoms with E-state index in [1.807, 2.05) is 18.4 Å².